The SMILES string of the molecule is Cc1nn(C)c(C)c1NC1CCOC(C(C)C)C1. The van der Waals surface area contributed by atoms with E-state index in [1.165, 1.54) is 11.4 Å². The summed E-state index contributed by atoms with van der Waals surface area (Å²) in [6, 6.07) is 0.507. The van der Waals surface area contributed by atoms with Crippen LogP contribution in [0.5, 0.6) is 0 Å². The van der Waals surface area contributed by atoms with Crippen LogP contribution in [0.15, 0.2) is 0 Å². The van der Waals surface area contributed by atoms with Crippen molar-refractivity contribution >= 4 is 5.69 Å². The third-order valence-electron chi connectivity index (χ3n) is 3.92. The highest BCUT2D eigenvalue weighted by molar-refractivity contribution is 5.52. The largest absolute Gasteiger partial charge is 0.379 e. The second-order valence-corrected chi connectivity index (χ2v) is 5.69. The molecule has 1 aromatic rings. The molecule has 0 bridgehead atoms. The number of rotatable bonds is 3. The lowest BCUT2D eigenvalue weighted by atomic mass is 9.95. The molecule has 1 N–H and O–H groups in total. The molecule has 2 unspecified atom stereocenters. The summed E-state index contributed by atoms with van der Waals surface area (Å²) in [6.07, 6.45) is 2.55. The van der Waals surface area contributed by atoms with Crippen LogP contribution in [0.25, 0.3) is 0 Å². The predicted molar refractivity (Wildman–Crippen MR) is 73.9 cm³/mol. The molecule has 1 aliphatic rings. The van der Waals surface area contributed by atoms with E-state index in [9.17, 15) is 0 Å². The maximum absolute atomic E-state index is 5.81. The van der Waals surface area contributed by atoms with Gasteiger partial charge in [0, 0.05) is 19.7 Å². The Bertz CT molecular complexity index is 411. The Morgan fingerprint density at radius 2 is 2.11 bits per heavy atom. The van der Waals surface area contributed by atoms with E-state index in [-0.39, 0.29) is 0 Å². The van der Waals surface area contributed by atoms with E-state index in [1.54, 1.807) is 0 Å². The first kappa shape index (κ1) is 13.4. The van der Waals surface area contributed by atoms with E-state index < -0.39 is 0 Å². The summed E-state index contributed by atoms with van der Waals surface area (Å²) in [6.45, 7) is 9.50. The van der Waals surface area contributed by atoms with Gasteiger partial charge < -0.3 is 10.1 Å². The summed E-state index contributed by atoms with van der Waals surface area (Å²) >= 11 is 0. The molecule has 0 spiro atoms. The average molecular weight is 251 g/mol. The fourth-order valence-electron chi connectivity index (χ4n) is 2.61. The van der Waals surface area contributed by atoms with Gasteiger partial charge in [-0.15, -0.1) is 0 Å². The molecule has 2 rings (SSSR count). The molecule has 1 aromatic heterocycles. The third-order valence-corrected chi connectivity index (χ3v) is 3.92. The Hall–Kier alpha value is -1.03. The van der Waals surface area contributed by atoms with Crippen LogP contribution in [-0.2, 0) is 11.8 Å². The molecular weight excluding hydrogens is 226 g/mol. The number of anilines is 1. The fraction of sp³-hybridized carbons (Fsp3) is 0.786. The minimum Gasteiger partial charge on any atom is -0.379 e. The molecule has 1 saturated heterocycles. The van der Waals surface area contributed by atoms with Crippen LogP contribution >= 0.6 is 0 Å². The van der Waals surface area contributed by atoms with E-state index in [0.29, 0.717) is 18.1 Å². The van der Waals surface area contributed by atoms with Crippen molar-refractivity contribution in [3.8, 4) is 0 Å². The summed E-state index contributed by atoms with van der Waals surface area (Å²) in [5.74, 6) is 0.589. The molecule has 102 valence electrons. The van der Waals surface area contributed by atoms with Crippen molar-refractivity contribution in [3.63, 3.8) is 0 Å². The fourth-order valence-corrected chi connectivity index (χ4v) is 2.61. The molecule has 2 atom stereocenters. The van der Waals surface area contributed by atoms with Crippen molar-refractivity contribution in [1.82, 2.24) is 9.78 Å². The van der Waals surface area contributed by atoms with E-state index >= 15 is 0 Å². The maximum Gasteiger partial charge on any atom is 0.0827 e. The number of aryl methyl sites for hydroxylation is 2. The normalized spacial score (nSPS) is 24.6. The van der Waals surface area contributed by atoms with Gasteiger partial charge in [0.2, 0.25) is 0 Å². The Balaban J connectivity index is 2.05. The van der Waals surface area contributed by atoms with Gasteiger partial charge in [0.05, 0.1) is 23.2 Å². The van der Waals surface area contributed by atoms with Crippen LogP contribution in [0.4, 0.5) is 5.69 Å². The molecule has 2 heterocycles. The summed E-state index contributed by atoms with van der Waals surface area (Å²) in [4.78, 5) is 0. The summed E-state index contributed by atoms with van der Waals surface area (Å²) < 4.78 is 7.75. The zero-order valence-corrected chi connectivity index (χ0v) is 12.2. The average Bonchev–Trinajstić information content (AvgIpc) is 2.56. The zero-order valence-electron chi connectivity index (χ0n) is 12.2. The number of aromatic nitrogens is 2. The van der Waals surface area contributed by atoms with Gasteiger partial charge >= 0.3 is 0 Å². The molecule has 1 aliphatic heterocycles. The van der Waals surface area contributed by atoms with Crippen molar-refractivity contribution in [3.05, 3.63) is 11.4 Å². The molecule has 18 heavy (non-hydrogen) atoms. The second kappa shape index (κ2) is 5.31. The standard InChI is InChI=1S/C14H25N3O/c1-9(2)13-8-12(6-7-18-13)15-14-10(3)16-17(5)11(14)4/h9,12-13,15H,6-8H2,1-5H3. The minimum absolute atomic E-state index is 0.383. The van der Waals surface area contributed by atoms with Gasteiger partial charge in [-0.2, -0.15) is 5.10 Å². The number of hydrogen-bond acceptors (Lipinski definition) is 3. The first-order chi connectivity index (χ1) is 8.49. The van der Waals surface area contributed by atoms with Gasteiger partial charge in [0.15, 0.2) is 0 Å². The van der Waals surface area contributed by atoms with Gasteiger partial charge in [0.25, 0.3) is 0 Å². The van der Waals surface area contributed by atoms with E-state index in [1.807, 2.05) is 11.7 Å². The Morgan fingerprint density at radius 1 is 1.39 bits per heavy atom. The topological polar surface area (TPSA) is 39.1 Å². The van der Waals surface area contributed by atoms with Crippen LogP contribution in [0.1, 0.15) is 38.1 Å². The Labute approximate surface area is 110 Å². The molecular formula is C14H25N3O. The molecule has 0 radical (unpaired) electrons. The predicted octanol–water partition coefficient (Wildman–Crippen LogP) is 2.65. The minimum atomic E-state index is 0.383. The van der Waals surface area contributed by atoms with E-state index in [2.05, 4.69) is 38.1 Å². The van der Waals surface area contributed by atoms with Crippen LogP contribution in [-0.4, -0.2) is 28.5 Å². The zero-order chi connectivity index (χ0) is 13.3. The molecule has 4 nitrogen and oxygen atoms in total. The number of nitrogens with one attached hydrogen (secondary N) is 1. The smallest absolute Gasteiger partial charge is 0.0827 e. The second-order valence-electron chi connectivity index (χ2n) is 5.69. The number of nitrogens with zero attached hydrogens (tertiary/aromatic N) is 2. The van der Waals surface area contributed by atoms with Crippen molar-refractivity contribution in [2.75, 3.05) is 11.9 Å². The lowest BCUT2D eigenvalue weighted by molar-refractivity contribution is -0.0160. The van der Waals surface area contributed by atoms with Crippen LogP contribution in [0.3, 0.4) is 0 Å². The van der Waals surface area contributed by atoms with Crippen molar-refractivity contribution in [2.24, 2.45) is 13.0 Å². The third kappa shape index (κ3) is 2.69. The Morgan fingerprint density at radius 3 is 2.67 bits per heavy atom. The highest BCUT2D eigenvalue weighted by atomic mass is 16.5. The highest BCUT2D eigenvalue weighted by Gasteiger charge is 2.25. The Kier molecular flexibility index (Phi) is 3.95. The molecule has 0 aromatic carbocycles. The summed E-state index contributed by atoms with van der Waals surface area (Å²) in [5.41, 5.74) is 3.49. The van der Waals surface area contributed by atoms with Gasteiger partial charge in [-0.05, 0) is 32.6 Å². The van der Waals surface area contributed by atoms with Crippen molar-refractivity contribution in [1.29, 1.82) is 0 Å². The van der Waals surface area contributed by atoms with Gasteiger partial charge in [-0.25, -0.2) is 0 Å². The molecule has 4 heteroatoms. The summed E-state index contributed by atoms with van der Waals surface area (Å²) in [7, 11) is 1.99. The van der Waals surface area contributed by atoms with Crippen molar-refractivity contribution in [2.45, 2.75) is 52.7 Å². The van der Waals surface area contributed by atoms with Crippen molar-refractivity contribution < 1.29 is 4.74 Å². The van der Waals surface area contributed by atoms with E-state index in [4.69, 9.17) is 4.74 Å². The van der Waals surface area contributed by atoms with Gasteiger partial charge in [-0.1, -0.05) is 13.8 Å². The number of ether oxygens (including phenoxy) is 1. The van der Waals surface area contributed by atoms with Crippen LogP contribution in [0.2, 0.25) is 0 Å². The molecule has 0 saturated carbocycles. The molecule has 0 amide bonds. The first-order valence-electron chi connectivity index (χ1n) is 6.87. The molecule has 1 fully saturated rings. The maximum atomic E-state index is 5.81. The summed E-state index contributed by atoms with van der Waals surface area (Å²) in [5, 5.41) is 8.11. The van der Waals surface area contributed by atoms with E-state index in [0.717, 1.165) is 25.1 Å². The first-order valence-corrected chi connectivity index (χ1v) is 6.87. The quantitative estimate of drug-likeness (QED) is 0.897. The van der Waals surface area contributed by atoms with Crippen LogP contribution in [0, 0.1) is 19.8 Å². The van der Waals surface area contributed by atoms with Crippen LogP contribution < -0.4 is 5.32 Å². The molecule has 0 aliphatic carbocycles. The highest BCUT2D eigenvalue weighted by Crippen LogP contribution is 2.26. The van der Waals surface area contributed by atoms with Gasteiger partial charge in [-0.3, -0.25) is 4.68 Å². The lowest BCUT2D eigenvalue weighted by Crippen LogP contribution is -2.36. The van der Waals surface area contributed by atoms with Gasteiger partial charge in [0.1, 0.15) is 0 Å². The number of hydrogen-bond donors (Lipinski definition) is 1. The monoisotopic (exact) mass is 251 g/mol. The lowest BCUT2D eigenvalue weighted by Gasteiger charge is -2.33.